The van der Waals surface area contributed by atoms with E-state index in [1.54, 1.807) is 7.11 Å². The highest BCUT2D eigenvalue weighted by atomic mass is 16.5. The zero-order valence-electron chi connectivity index (χ0n) is 17.2. The van der Waals surface area contributed by atoms with Crippen LogP contribution in [0.5, 0.6) is 0 Å². The average Bonchev–Trinajstić information content (AvgIpc) is 3.48. The molecule has 4 rings (SSSR count). The fourth-order valence-corrected chi connectivity index (χ4v) is 4.78. The van der Waals surface area contributed by atoms with Gasteiger partial charge in [-0.15, -0.1) is 0 Å². The molecule has 1 atom stereocenters. The van der Waals surface area contributed by atoms with E-state index in [2.05, 4.69) is 24.7 Å². The van der Waals surface area contributed by atoms with Crippen LogP contribution in [-0.2, 0) is 16.1 Å². The molecule has 0 radical (unpaired) electrons. The topological polar surface area (TPSA) is 62.6 Å². The number of hydrogen-bond donors (Lipinski definition) is 1. The summed E-state index contributed by atoms with van der Waals surface area (Å²) in [5.74, 6) is 0.337. The lowest BCUT2D eigenvalue weighted by atomic mass is 9.93. The molecule has 3 fully saturated rings. The first-order valence-corrected chi connectivity index (χ1v) is 11.0. The molecular formula is C21H35N5O2. The van der Waals surface area contributed by atoms with Crippen LogP contribution in [0.2, 0.25) is 0 Å². The number of amides is 1. The molecule has 0 aromatic carbocycles. The summed E-state index contributed by atoms with van der Waals surface area (Å²) in [6, 6.07) is 1.33. The van der Waals surface area contributed by atoms with E-state index in [1.165, 1.54) is 31.4 Å². The molecule has 1 aromatic rings. The Hall–Kier alpha value is -1.44. The maximum Gasteiger partial charge on any atom is 0.224 e. The Labute approximate surface area is 168 Å². The van der Waals surface area contributed by atoms with Crippen LogP contribution in [0.1, 0.15) is 50.3 Å². The number of imidazole rings is 1. The van der Waals surface area contributed by atoms with Crippen molar-refractivity contribution in [2.75, 3.05) is 46.4 Å². The van der Waals surface area contributed by atoms with Crippen molar-refractivity contribution in [2.24, 2.45) is 5.92 Å². The van der Waals surface area contributed by atoms with Crippen molar-refractivity contribution in [3.8, 4) is 0 Å². The molecule has 7 heteroatoms. The van der Waals surface area contributed by atoms with Gasteiger partial charge in [0, 0.05) is 58.1 Å². The molecule has 156 valence electrons. The smallest absolute Gasteiger partial charge is 0.224 e. The van der Waals surface area contributed by atoms with Gasteiger partial charge in [0.05, 0.1) is 24.5 Å². The monoisotopic (exact) mass is 389 g/mol. The van der Waals surface area contributed by atoms with Crippen LogP contribution >= 0.6 is 0 Å². The number of nitrogens with one attached hydrogen (secondary N) is 1. The van der Waals surface area contributed by atoms with Gasteiger partial charge < -0.3 is 14.6 Å². The third kappa shape index (κ3) is 4.93. The number of carbonyl (C=O) groups is 1. The predicted molar refractivity (Wildman–Crippen MR) is 108 cm³/mol. The minimum absolute atomic E-state index is 0.136. The molecule has 1 saturated carbocycles. The zero-order valence-corrected chi connectivity index (χ0v) is 17.2. The molecule has 1 amide bonds. The summed E-state index contributed by atoms with van der Waals surface area (Å²) in [6.07, 6.45) is 11.2. The van der Waals surface area contributed by atoms with E-state index >= 15 is 0 Å². The van der Waals surface area contributed by atoms with Crippen LogP contribution in [-0.4, -0.2) is 77.7 Å². The van der Waals surface area contributed by atoms with Gasteiger partial charge in [-0.1, -0.05) is 0 Å². The number of aromatic nitrogens is 2. The molecule has 1 aromatic heterocycles. The van der Waals surface area contributed by atoms with E-state index in [0.29, 0.717) is 25.2 Å². The summed E-state index contributed by atoms with van der Waals surface area (Å²) in [5.41, 5.74) is 1.37. The largest absolute Gasteiger partial charge is 0.383 e. The fraction of sp³-hybridized carbons (Fsp3) is 0.810. The van der Waals surface area contributed by atoms with Gasteiger partial charge in [0.15, 0.2) is 0 Å². The molecule has 1 aliphatic carbocycles. The van der Waals surface area contributed by atoms with Gasteiger partial charge in [-0.2, -0.15) is 0 Å². The first-order chi connectivity index (χ1) is 13.7. The Balaban J connectivity index is 1.23. The van der Waals surface area contributed by atoms with E-state index in [1.807, 2.05) is 12.5 Å². The Morgan fingerprint density at radius 2 is 2.00 bits per heavy atom. The number of piperidine rings is 2. The molecule has 0 unspecified atom stereocenters. The molecular weight excluding hydrogens is 354 g/mol. The average molecular weight is 390 g/mol. The van der Waals surface area contributed by atoms with Crippen molar-refractivity contribution in [3.63, 3.8) is 0 Å². The van der Waals surface area contributed by atoms with Gasteiger partial charge in [-0.05, 0) is 45.1 Å². The lowest BCUT2D eigenvalue weighted by Gasteiger charge is -2.42. The number of carbonyl (C=O) groups excluding carboxylic acids is 1. The van der Waals surface area contributed by atoms with Crippen LogP contribution in [0.15, 0.2) is 12.5 Å². The molecule has 1 N–H and O–H groups in total. The van der Waals surface area contributed by atoms with Gasteiger partial charge in [0.25, 0.3) is 0 Å². The van der Waals surface area contributed by atoms with Gasteiger partial charge in [0.1, 0.15) is 0 Å². The first kappa shape index (κ1) is 19.9. The second-order valence-electron chi connectivity index (χ2n) is 8.65. The lowest BCUT2D eigenvalue weighted by Crippen LogP contribution is -2.50. The SMILES string of the molecule is COCCNC(=O)[C@H]1CCCN(C2CCN(Cc3cncn3C3CC3)CC2)C1. The molecule has 3 aliphatic rings. The second-order valence-corrected chi connectivity index (χ2v) is 8.65. The van der Waals surface area contributed by atoms with Crippen molar-refractivity contribution in [3.05, 3.63) is 18.2 Å². The van der Waals surface area contributed by atoms with Crippen molar-refractivity contribution in [1.82, 2.24) is 24.7 Å². The summed E-state index contributed by atoms with van der Waals surface area (Å²) in [6.45, 7) is 6.55. The molecule has 28 heavy (non-hydrogen) atoms. The fourth-order valence-electron chi connectivity index (χ4n) is 4.78. The highest BCUT2D eigenvalue weighted by molar-refractivity contribution is 5.78. The Morgan fingerprint density at radius 1 is 1.18 bits per heavy atom. The van der Waals surface area contributed by atoms with Gasteiger partial charge in [0.2, 0.25) is 5.91 Å². The molecule has 0 spiro atoms. The van der Waals surface area contributed by atoms with Crippen LogP contribution in [0.3, 0.4) is 0 Å². The Bertz CT molecular complexity index is 636. The maximum absolute atomic E-state index is 12.4. The van der Waals surface area contributed by atoms with E-state index in [-0.39, 0.29) is 11.8 Å². The number of ether oxygens (including phenoxy) is 1. The Morgan fingerprint density at radius 3 is 2.75 bits per heavy atom. The molecule has 7 nitrogen and oxygen atoms in total. The predicted octanol–water partition coefficient (Wildman–Crippen LogP) is 1.66. The van der Waals surface area contributed by atoms with Crippen molar-refractivity contribution >= 4 is 5.91 Å². The minimum atomic E-state index is 0.136. The highest BCUT2D eigenvalue weighted by Gasteiger charge is 2.32. The third-order valence-corrected chi connectivity index (χ3v) is 6.57. The standard InChI is InChI=1S/C21H35N5O2/c1-28-12-8-23-21(27)17-3-2-9-25(14-17)18-6-10-24(11-7-18)15-20-13-22-16-26(20)19-4-5-19/h13,16-19H,2-12,14-15H2,1H3,(H,23,27)/t17-/m0/s1. The molecule has 2 saturated heterocycles. The lowest BCUT2D eigenvalue weighted by molar-refractivity contribution is -0.127. The summed E-state index contributed by atoms with van der Waals surface area (Å²) in [4.78, 5) is 21.9. The van der Waals surface area contributed by atoms with Gasteiger partial charge in [-0.3, -0.25) is 14.6 Å². The van der Waals surface area contributed by atoms with Crippen molar-refractivity contribution in [2.45, 2.75) is 57.2 Å². The van der Waals surface area contributed by atoms with E-state index < -0.39 is 0 Å². The summed E-state index contributed by atoms with van der Waals surface area (Å²) >= 11 is 0. The normalized spacial score (nSPS) is 25.1. The third-order valence-electron chi connectivity index (χ3n) is 6.57. The quantitative estimate of drug-likeness (QED) is 0.685. The summed E-state index contributed by atoms with van der Waals surface area (Å²) in [5, 5.41) is 3.02. The number of hydrogen-bond acceptors (Lipinski definition) is 5. The second kappa shape index (κ2) is 9.37. The molecule has 3 heterocycles. The number of rotatable bonds is 8. The highest BCUT2D eigenvalue weighted by Crippen LogP contribution is 2.36. The van der Waals surface area contributed by atoms with Crippen LogP contribution < -0.4 is 5.32 Å². The Kier molecular flexibility index (Phi) is 6.65. The molecule has 2 aliphatic heterocycles. The van der Waals surface area contributed by atoms with E-state index in [9.17, 15) is 4.79 Å². The first-order valence-electron chi connectivity index (χ1n) is 11.0. The van der Waals surface area contributed by atoms with Crippen molar-refractivity contribution < 1.29 is 9.53 Å². The summed E-state index contributed by atoms with van der Waals surface area (Å²) < 4.78 is 7.41. The van der Waals surface area contributed by atoms with Crippen LogP contribution in [0, 0.1) is 5.92 Å². The van der Waals surface area contributed by atoms with Crippen LogP contribution in [0.4, 0.5) is 0 Å². The maximum atomic E-state index is 12.4. The molecule has 0 bridgehead atoms. The minimum Gasteiger partial charge on any atom is -0.383 e. The van der Waals surface area contributed by atoms with Crippen molar-refractivity contribution in [1.29, 1.82) is 0 Å². The number of likely N-dealkylation sites (tertiary alicyclic amines) is 2. The van der Waals surface area contributed by atoms with Gasteiger partial charge in [-0.25, -0.2) is 4.98 Å². The van der Waals surface area contributed by atoms with E-state index in [0.717, 1.165) is 45.6 Å². The summed E-state index contributed by atoms with van der Waals surface area (Å²) in [7, 11) is 1.67. The van der Waals surface area contributed by atoms with Crippen LogP contribution in [0.25, 0.3) is 0 Å². The zero-order chi connectivity index (χ0) is 19.3. The van der Waals surface area contributed by atoms with E-state index in [4.69, 9.17) is 4.74 Å². The number of methoxy groups -OCH3 is 1. The number of nitrogens with zero attached hydrogens (tertiary/aromatic N) is 4. The van der Waals surface area contributed by atoms with Gasteiger partial charge >= 0.3 is 0 Å².